The van der Waals surface area contributed by atoms with Gasteiger partial charge in [0.1, 0.15) is 0 Å². The van der Waals surface area contributed by atoms with E-state index in [9.17, 15) is 0 Å². The van der Waals surface area contributed by atoms with Crippen LogP contribution < -0.4 is 5.73 Å². The Morgan fingerprint density at radius 3 is 2.45 bits per heavy atom. The van der Waals surface area contributed by atoms with Gasteiger partial charge in [0.15, 0.2) is 0 Å². The number of anilines is 1. The standard InChI is InChI=1S/C9H13NS/c1-2-7-11-9-5-3-8(10)4-6-9/h3-6H,2,7,10H2,1H3. The fourth-order valence-corrected chi connectivity index (χ4v) is 1.55. The molecule has 1 aromatic rings. The van der Waals surface area contributed by atoms with E-state index < -0.39 is 0 Å². The van der Waals surface area contributed by atoms with Crippen molar-refractivity contribution < 1.29 is 0 Å². The minimum Gasteiger partial charge on any atom is -0.399 e. The van der Waals surface area contributed by atoms with Gasteiger partial charge in [-0.25, -0.2) is 0 Å². The zero-order chi connectivity index (χ0) is 8.10. The molecule has 2 heteroatoms. The van der Waals surface area contributed by atoms with Gasteiger partial charge in [0, 0.05) is 10.6 Å². The summed E-state index contributed by atoms with van der Waals surface area (Å²) in [5.41, 5.74) is 6.38. The largest absolute Gasteiger partial charge is 0.399 e. The molecule has 0 aromatic heterocycles. The van der Waals surface area contributed by atoms with E-state index in [1.54, 1.807) is 0 Å². The number of nitrogen functional groups attached to an aromatic ring is 1. The highest BCUT2D eigenvalue weighted by Crippen LogP contribution is 2.19. The highest BCUT2D eigenvalue weighted by molar-refractivity contribution is 7.99. The number of rotatable bonds is 3. The zero-order valence-corrected chi connectivity index (χ0v) is 7.53. The van der Waals surface area contributed by atoms with Crippen molar-refractivity contribution in [3.63, 3.8) is 0 Å². The Labute approximate surface area is 72.0 Å². The number of hydrogen-bond donors (Lipinski definition) is 1. The summed E-state index contributed by atoms with van der Waals surface area (Å²) in [4.78, 5) is 1.31. The Kier molecular flexibility index (Phi) is 3.30. The highest BCUT2D eigenvalue weighted by Gasteiger charge is 1.90. The second kappa shape index (κ2) is 4.29. The van der Waals surface area contributed by atoms with E-state index in [-0.39, 0.29) is 0 Å². The molecule has 2 N–H and O–H groups in total. The molecule has 0 atom stereocenters. The molecule has 0 unspecified atom stereocenters. The molecule has 0 saturated carbocycles. The Morgan fingerprint density at radius 1 is 1.27 bits per heavy atom. The molecule has 11 heavy (non-hydrogen) atoms. The number of thioether (sulfide) groups is 1. The van der Waals surface area contributed by atoms with Gasteiger partial charge in [-0.15, -0.1) is 11.8 Å². The summed E-state index contributed by atoms with van der Waals surface area (Å²) in [6.45, 7) is 2.18. The smallest absolute Gasteiger partial charge is 0.0314 e. The van der Waals surface area contributed by atoms with Crippen LogP contribution in [0.1, 0.15) is 13.3 Å². The van der Waals surface area contributed by atoms with Crippen molar-refractivity contribution in [2.45, 2.75) is 18.2 Å². The van der Waals surface area contributed by atoms with Crippen LogP contribution in [0.4, 0.5) is 5.69 Å². The quantitative estimate of drug-likeness (QED) is 0.553. The SMILES string of the molecule is CCCSc1ccc(N)cc1. The van der Waals surface area contributed by atoms with Gasteiger partial charge in [-0.2, -0.15) is 0 Å². The lowest BCUT2D eigenvalue weighted by molar-refractivity contribution is 1.10. The summed E-state index contributed by atoms with van der Waals surface area (Å²) in [6.07, 6.45) is 1.22. The summed E-state index contributed by atoms with van der Waals surface area (Å²) in [7, 11) is 0. The molecule has 0 bridgehead atoms. The molecule has 0 aliphatic heterocycles. The summed E-state index contributed by atoms with van der Waals surface area (Å²) >= 11 is 1.87. The summed E-state index contributed by atoms with van der Waals surface area (Å²) < 4.78 is 0. The molecule has 0 aliphatic rings. The monoisotopic (exact) mass is 167 g/mol. The van der Waals surface area contributed by atoms with Gasteiger partial charge in [-0.1, -0.05) is 6.92 Å². The Balaban J connectivity index is 2.52. The van der Waals surface area contributed by atoms with E-state index in [0.717, 1.165) is 5.69 Å². The summed E-state index contributed by atoms with van der Waals surface area (Å²) in [5, 5.41) is 0. The van der Waals surface area contributed by atoms with Crippen LogP contribution in [-0.4, -0.2) is 5.75 Å². The normalized spacial score (nSPS) is 9.91. The predicted octanol–water partition coefficient (Wildman–Crippen LogP) is 2.77. The minimum absolute atomic E-state index is 0.839. The van der Waals surface area contributed by atoms with Gasteiger partial charge >= 0.3 is 0 Å². The molecule has 0 fully saturated rings. The molecule has 0 heterocycles. The summed E-state index contributed by atoms with van der Waals surface area (Å²) in [5.74, 6) is 1.18. The van der Waals surface area contributed by atoms with Gasteiger partial charge < -0.3 is 5.73 Å². The van der Waals surface area contributed by atoms with Crippen LogP contribution in [0.2, 0.25) is 0 Å². The fourth-order valence-electron chi connectivity index (χ4n) is 0.784. The molecule has 0 aliphatic carbocycles. The van der Waals surface area contributed by atoms with Crippen LogP contribution >= 0.6 is 11.8 Å². The van der Waals surface area contributed by atoms with E-state index in [2.05, 4.69) is 19.1 Å². The average molecular weight is 167 g/mol. The average Bonchev–Trinajstić information content (AvgIpc) is 2.04. The third-order valence-corrected chi connectivity index (χ3v) is 2.57. The van der Waals surface area contributed by atoms with Gasteiger partial charge in [-0.3, -0.25) is 0 Å². The van der Waals surface area contributed by atoms with Crippen molar-refractivity contribution in [2.24, 2.45) is 0 Å². The first kappa shape index (κ1) is 8.47. The zero-order valence-electron chi connectivity index (χ0n) is 6.71. The van der Waals surface area contributed by atoms with E-state index in [4.69, 9.17) is 5.73 Å². The van der Waals surface area contributed by atoms with Crippen molar-refractivity contribution in [3.8, 4) is 0 Å². The maximum Gasteiger partial charge on any atom is 0.0314 e. The lowest BCUT2D eigenvalue weighted by atomic mass is 10.3. The molecule has 1 nitrogen and oxygen atoms in total. The molecule has 1 rings (SSSR count). The highest BCUT2D eigenvalue weighted by atomic mass is 32.2. The topological polar surface area (TPSA) is 26.0 Å². The maximum atomic E-state index is 5.55. The van der Waals surface area contributed by atoms with E-state index in [1.165, 1.54) is 17.1 Å². The van der Waals surface area contributed by atoms with Crippen LogP contribution in [0.5, 0.6) is 0 Å². The van der Waals surface area contributed by atoms with Crippen molar-refractivity contribution in [3.05, 3.63) is 24.3 Å². The van der Waals surface area contributed by atoms with Gasteiger partial charge in [0.2, 0.25) is 0 Å². The lowest BCUT2D eigenvalue weighted by Crippen LogP contribution is -1.82. The van der Waals surface area contributed by atoms with Crippen LogP contribution in [-0.2, 0) is 0 Å². The third-order valence-electron chi connectivity index (χ3n) is 1.35. The first-order chi connectivity index (χ1) is 5.33. The number of nitrogens with two attached hydrogens (primary N) is 1. The molecule has 0 amide bonds. The molecular weight excluding hydrogens is 154 g/mol. The van der Waals surface area contributed by atoms with Crippen LogP contribution in [0.15, 0.2) is 29.2 Å². The number of benzene rings is 1. The van der Waals surface area contributed by atoms with E-state index in [0.29, 0.717) is 0 Å². The Bertz CT molecular complexity index is 205. The second-order valence-electron chi connectivity index (χ2n) is 2.42. The van der Waals surface area contributed by atoms with Crippen LogP contribution in [0.3, 0.4) is 0 Å². The maximum absolute atomic E-state index is 5.55. The lowest BCUT2D eigenvalue weighted by Gasteiger charge is -1.98. The third kappa shape index (κ3) is 2.85. The van der Waals surface area contributed by atoms with Crippen molar-refractivity contribution in [1.82, 2.24) is 0 Å². The fraction of sp³-hybridized carbons (Fsp3) is 0.333. The van der Waals surface area contributed by atoms with Crippen molar-refractivity contribution in [2.75, 3.05) is 11.5 Å². The minimum atomic E-state index is 0.839. The predicted molar refractivity (Wildman–Crippen MR) is 51.9 cm³/mol. The van der Waals surface area contributed by atoms with Crippen molar-refractivity contribution in [1.29, 1.82) is 0 Å². The first-order valence-electron chi connectivity index (χ1n) is 3.81. The Hall–Kier alpha value is -0.630. The van der Waals surface area contributed by atoms with Crippen LogP contribution in [0, 0.1) is 0 Å². The molecule has 0 saturated heterocycles. The molecular formula is C9H13NS. The van der Waals surface area contributed by atoms with Gasteiger partial charge in [0.25, 0.3) is 0 Å². The molecule has 0 radical (unpaired) electrons. The van der Waals surface area contributed by atoms with Crippen LogP contribution in [0.25, 0.3) is 0 Å². The second-order valence-corrected chi connectivity index (χ2v) is 3.59. The van der Waals surface area contributed by atoms with Gasteiger partial charge in [0.05, 0.1) is 0 Å². The summed E-state index contributed by atoms with van der Waals surface area (Å²) in [6, 6.07) is 8.02. The molecule has 1 aromatic carbocycles. The molecule has 0 spiro atoms. The first-order valence-corrected chi connectivity index (χ1v) is 4.80. The van der Waals surface area contributed by atoms with E-state index in [1.807, 2.05) is 23.9 Å². The van der Waals surface area contributed by atoms with Crippen molar-refractivity contribution >= 4 is 17.4 Å². The van der Waals surface area contributed by atoms with E-state index >= 15 is 0 Å². The molecule has 60 valence electrons. The number of hydrogen-bond acceptors (Lipinski definition) is 2. The Morgan fingerprint density at radius 2 is 1.91 bits per heavy atom. The van der Waals surface area contributed by atoms with Gasteiger partial charge in [-0.05, 0) is 36.4 Å².